The molecule has 32 heavy (non-hydrogen) atoms. The van der Waals surface area contributed by atoms with Crippen LogP contribution in [0.2, 0.25) is 15.1 Å². The van der Waals surface area contributed by atoms with Crippen molar-refractivity contribution in [2.24, 2.45) is 0 Å². The highest BCUT2D eigenvalue weighted by Crippen LogP contribution is 2.42. The maximum absolute atomic E-state index is 11.2. The highest BCUT2D eigenvalue weighted by Gasteiger charge is 2.26. The standard InChI is InChI=1S/C21H15Cl3N4O3S/c1-31-16-7-10(3-4-12(16)22)19-18(15-5-6-25-21(26-15)32-2)27-20(28(19)30)17-13(23)8-11(29)9-14(17)24/h3-9,29-30H,1-2H3. The van der Waals surface area contributed by atoms with Gasteiger partial charge in [0.2, 0.25) is 0 Å². The Hall–Kier alpha value is -2.65. The van der Waals surface area contributed by atoms with Crippen molar-refractivity contribution in [3.05, 3.63) is 57.7 Å². The highest BCUT2D eigenvalue weighted by molar-refractivity contribution is 7.98. The Balaban J connectivity index is 2.04. The van der Waals surface area contributed by atoms with Crippen molar-refractivity contribution < 1.29 is 15.1 Å². The lowest BCUT2D eigenvalue weighted by Gasteiger charge is -2.10. The molecule has 7 nitrogen and oxygen atoms in total. The Bertz CT molecular complexity index is 1310. The van der Waals surface area contributed by atoms with Crippen molar-refractivity contribution in [2.75, 3.05) is 13.4 Å². The molecule has 0 radical (unpaired) electrons. The number of hydrogen-bond acceptors (Lipinski definition) is 7. The van der Waals surface area contributed by atoms with Crippen LogP contribution in [0.5, 0.6) is 11.5 Å². The van der Waals surface area contributed by atoms with E-state index in [0.29, 0.717) is 38.6 Å². The predicted octanol–water partition coefficient (Wildman–Crippen LogP) is 6.31. The number of aromatic nitrogens is 4. The van der Waals surface area contributed by atoms with Gasteiger partial charge < -0.3 is 15.1 Å². The van der Waals surface area contributed by atoms with Crippen LogP contribution < -0.4 is 4.74 Å². The molecule has 2 N–H and O–H groups in total. The molecule has 0 bridgehead atoms. The summed E-state index contributed by atoms with van der Waals surface area (Å²) in [5.74, 6) is 0.386. The summed E-state index contributed by atoms with van der Waals surface area (Å²) in [5, 5.41) is 22.2. The van der Waals surface area contributed by atoms with E-state index in [4.69, 9.17) is 39.5 Å². The van der Waals surface area contributed by atoms with Crippen LogP contribution in [0.15, 0.2) is 47.8 Å². The fourth-order valence-electron chi connectivity index (χ4n) is 3.16. The second-order valence-corrected chi connectivity index (χ2v) is 8.50. The Morgan fingerprint density at radius 2 is 1.72 bits per heavy atom. The lowest BCUT2D eigenvalue weighted by atomic mass is 10.1. The second kappa shape index (κ2) is 9.07. The van der Waals surface area contributed by atoms with Crippen molar-refractivity contribution in [2.45, 2.75) is 5.16 Å². The molecule has 0 aliphatic heterocycles. The van der Waals surface area contributed by atoms with E-state index in [1.54, 1.807) is 30.5 Å². The topological polar surface area (TPSA) is 93.3 Å². The molecular weight excluding hydrogens is 495 g/mol. The number of rotatable bonds is 5. The van der Waals surface area contributed by atoms with Crippen molar-refractivity contribution >= 4 is 46.6 Å². The van der Waals surface area contributed by atoms with E-state index in [2.05, 4.69) is 15.0 Å². The molecule has 4 aromatic rings. The predicted molar refractivity (Wildman–Crippen MR) is 126 cm³/mol. The Morgan fingerprint density at radius 3 is 2.38 bits per heavy atom. The molecule has 0 aliphatic carbocycles. The second-order valence-electron chi connectivity index (χ2n) is 6.51. The van der Waals surface area contributed by atoms with Gasteiger partial charge in [0, 0.05) is 11.8 Å². The van der Waals surface area contributed by atoms with E-state index in [-0.39, 0.29) is 27.2 Å². The van der Waals surface area contributed by atoms with Crippen LogP contribution in [0, 0.1) is 0 Å². The van der Waals surface area contributed by atoms with Gasteiger partial charge in [-0.1, -0.05) is 52.6 Å². The zero-order chi connectivity index (χ0) is 23.0. The average molecular weight is 510 g/mol. The summed E-state index contributed by atoms with van der Waals surface area (Å²) < 4.78 is 6.21. The first-order chi connectivity index (χ1) is 15.3. The molecule has 2 aromatic heterocycles. The van der Waals surface area contributed by atoms with Crippen LogP contribution >= 0.6 is 46.6 Å². The number of nitrogens with zero attached hydrogens (tertiary/aromatic N) is 4. The summed E-state index contributed by atoms with van der Waals surface area (Å²) in [6.45, 7) is 0. The third-order valence-corrected chi connectivity index (χ3v) is 6.06. The summed E-state index contributed by atoms with van der Waals surface area (Å²) in [6, 6.07) is 9.37. The van der Waals surface area contributed by atoms with E-state index >= 15 is 0 Å². The maximum Gasteiger partial charge on any atom is 0.187 e. The molecule has 0 spiro atoms. The summed E-state index contributed by atoms with van der Waals surface area (Å²) in [6.07, 6.45) is 3.47. The number of benzene rings is 2. The molecule has 11 heteroatoms. The van der Waals surface area contributed by atoms with E-state index in [0.717, 1.165) is 4.73 Å². The number of aromatic hydroxyl groups is 1. The molecular formula is C21H15Cl3N4O3S. The average Bonchev–Trinajstić information content (AvgIpc) is 3.10. The van der Waals surface area contributed by atoms with Crippen molar-refractivity contribution in [1.82, 2.24) is 19.7 Å². The lowest BCUT2D eigenvalue weighted by molar-refractivity contribution is 0.195. The van der Waals surface area contributed by atoms with Crippen molar-refractivity contribution in [3.8, 4) is 45.5 Å². The molecule has 0 amide bonds. The zero-order valence-electron chi connectivity index (χ0n) is 16.7. The molecule has 0 saturated carbocycles. The minimum atomic E-state index is -0.108. The first kappa shape index (κ1) is 22.5. The maximum atomic E-state index is 11.2. The number of ether oxygens (including phenoxy) is 1. The third kappa shape index (κ3) is 4.06. The van der Waals surface area contributed by atoms with Gasteiger partial charge in [0.1, 0.15) is 22.9 Å². The summed E-state index contributed by atoms with van der Waals surface area (Å²) >= 11 is 20.2. The Morgan fingerprint density at radius 1 is 1.00 bits per heavy atom. The van der Waals surface area contributed by atoms with Gasteiger partial charge in [0.15, 0.2) is 11.0 Å². The van der Waals surface area contributed by atoms with E-state index in [1.165, 1.54) is 31.0 Å². The molecule has 0 atom stereocenters. The largest absolute Gasteiger partial charge is 0.508 e. The monoisotopic (exact) mass is 508 g/mol. The highest BCUT2D eigenvalue weighted by atomic mass is 35.5. The van der Waals surface area contributed by atoms with Crippen LogP contribution in [0.1, 0.15) is 0 Å². The first-order valence-corrected chi connectivity index (χ1v) is 11.4. The Labute approximate surface area is 202 Å². The molecule has 4 rings (SSSR count). The van der Waals surface area contributed by atoms with Gasteiger partial charge in [-0.25, -0.2) is 15.0 Å². The molecule has 0 saturated heterocycles. The summed E-state index contributed by atoms with van der Waals surface area (Å²) in [4.78, 5) is 13.3. The van der Waals surface area contributed by atoms with Gasteiger partial charge in [0.05, 0.1) is 33.4 Å². The quantitative estimate of drug-likeness (QED) is 0.185. The molecule has 2 heterocycles. The summed E-state index contributed by atoms with van der Waals surface area (Å²) in [7, 11) is 1.50. The molecule has 2 aromatic carbocycles. The first-order valence-electron chi connectivity index (χ1n) is 9.05. The fraction of sp³-hybridized carbons (Fsp3) is 0.0952. The number of phenolic OH excluding ortho intramolecular Hbond substituents is 1. The number of halogens is 3. The normalized spacial score (nSPS) is 11.0. The summed E-state index contributed by atoms with van der Waals surface area (Å²) in [5.41, 5.74) is 1.98. The van der Waals surface area contributed by atoms with E-state index < -0.39 is 0 Å². The minimum Gasteiger partial charge on any atom is -0.508 e. The van der Waals surface area contributed by atoms with E-state index in [1.807, 2.05) is 6.26 Å². The molecule has 0 fully saturated rings. The number of thioether (sulfide) groups is 1. The van der Waals surface area contributed by atoms with Crippen molar-refractivity contribution in [3.63, 3.8) is 0 Å². The third-order valence-electron chi connectivity index (χ3n) is 4.59. The van der Waals surface area contributed by atoms with Crippen LogP contribution in [-0.4, -0.2) is 43.4 Å². The number of hydrogen-bond donors (Lipinski definition) is 2. The van der Waals surface area contributed by atoms with Crippen LogP contribution in [0.3, 0.4) is 0 Å². The number of methoxy groups -OCH3 is 1. The van der Waals surface area contributed by atoms with Gasteiger partial charge in [-0.2, -0.15) is 4.73 Å². The lowest BCUT2D eigenvalue weighted by Crippen LogP contribution is -1.99. The smallest absolute Gasteiger partial charge is 0.187 e. The van der Waals surface area contributed by atoms with Crippen LogP contribution in [0.4, 0.5) is 0 Å². The van der Waals surface area contributed by atoms with Gasteiger partial charge >= 0.3 is 0 Å². The fourth-order valence-corrected chi connectivity index (χ4v) is 4.36. The number of phenols is 1. The van der Waals surface area contributed by atoms with Gasteiger partial charge in [-0.3, -0.25) is 0 Å². The molecule has 164 valence electrons. The van der Waals surface area contributed by atoms with Crippen LogP contribution in [0.25, 0.3) is 34.0 Å². The molecule has 0 unspecified atom stereocenters. The van der Waals surface area contributed by atoms with Gasteiger partial charge in [0.25, 0.3) is 0 Å². The van der Waals surface area contributed by atoms with Crippen molar-refractivity contribution in [1.29, 1.82) is 0 Å². The number of imidazole rings is 1. The molecule has 0 aliphatic rings. The minimum absolute atomic E-state index is 0.0724. The van der Waals surface area contributed by atoms with Crippen LogP contribution in [-0.2, 0) is 0 Å². The van der Waals surface area contributed by atoms with Gasteiger partial charge in [-0.05, 0) is 36.6 Å². The SMILES string of the molecule is COc1cc(-c2c(-c3ccnc(SC)n3)nc(-c3c(Cl)cc(O)cc3Cl)n2O)ccc1Cl. The Kier molecular flexibility index (Phi) is 6.39. The van der Waals surface area contributed by atoms with E-state index in [9.17, 15) is 10.3 Å². The zero-order valence-corrected chi connectivity index (χ0v) is 19.8. The van der Waals surface area contributed by atoms with Gasteiger partial charge in [-0.15, -0.1) is 0 Å².